The molecule has 0 aliphatic carbocycles. The van der Waals surface area contributed by atoms with Gasteiger partial charge in [0.2, 0.25) is 0 Å². The van der Waals surface area contributed by atoms with Crippen molar-refractivity contribution in [3.05, 3.63) is 157 Å². The molecule has 0 radical (unpaired) electrons. The highest BCUT2D eigenvalue weighted by molar-refractivity contribution is 7.07. The summed E-state index contributed by atoms with van der Waals surface area (Å²) in [6.07, 6.45) is 1.89. The van der Waals surface area contributed by atoms with Crippen molar-refractivity contribution in [2.24, 2.45) is 4.99 Å². The Hall–Kier alpha value is -5.34. The van der Waals surface area contributed by atoms with Crippen molar-refractivity contribution in [3.8, 4) is 11.3 Å². The fourth-order valence-electron chi connectivity index (χ4n) is 5.68. The van der Waals surface area contributed by atoms with E-state index in [1.807, 2.05) is 91.0 Å². The summed E-state index contributed by atoms with van der Waals surface area (Å²) in [6, 6.07) is 32.2. The van der Waals surface area contributed by atoms with Crippen LogP contribution in [-0.4, -0.2) is 22.1 Å². The zero-order valence-electron chi connectivity index (χ0n) is 23.7. The maximum absolute atomic E-state index is 14.4. The van der Waals surface area contributed by atoms with Crippen LogP contribution < -0.4 is 14.9 Å². The van der Waals surface area contributed by atoms with Crippen LogP contribution >= 0.6 is 11.3 Å². The Morgan fingerprint density at radius 2 is 1.59 bits per heavy atom. The number of carbonyl (C=O) groups excluding carboxylic acids is 1. The van der Waals surface area contributed by atoms with Gasteiger partial charge in [0.1, 0.15) is 5.82 Å². The lowest BCUT2D eigenvalue weighted by Crippen LogP contribution is -2.40. The lowest BCUT2D eigenvalue weighted by atomic mass is 9.93. The maximum atomic E-state index is 14.4. The predicted molar refractivity (Wildman–Crippen MR) is 171 cm³/mol. The number of H-pyrrole nitrogens is 1. The smallest absolute Gasteiger partial charge is 0.338 e. The number of nitrogens with one attached hydrogen (secondary N) is 1. The van der Waals surface area contributed by atoms with Gasteiger partial charge in [-0.1, -0.05) is 102 Å². The molecule has 0 saturated carbocycles. The standard InChI is InChI=1S/C36H26FN3O3S/c1-2-43-35(42)30-32(23-13-7-4-8-14-23)39-36-40(33(30)24-17-19-25(37)20-18-24)34(41)29(44-36)21-27-26-15-9-10-16-28(26)38-31(27)22-11-5-3-6-12-22/h3-21,33,38H,2H2,1H3/b29-21-/t33-/m0/s1. The van der Waals surface area contributed by atoms with E-state index < -0.39 is 17.8 Å². The average molecular weight is 600 g/mol. The van der Waals surface area contributed by atoms with Crippen molar-refractivity contribution < 1.29 is 13.9 Å². The van der Waals surface area contributed by atoms with Crippen LogP contribution in [0.2, 0.25) is 0 Å². The Kier molecular flexibility index (Phi) is 7.12. The number of ether oxygens (including phenoxy) is 1. The van der Waals surface area contributed by atoms with Crippen LogP contribution in [-0.2, 0) is 9.53 Å². The number of halogens is 1. The molecule has 1 aliphatic heterocycles. The molecule has 8 heteroatoms. The van der Waals surface area contributed by atoms with E-state index in [0.29, 0.717) is 26.2 Å². The molecule has 1 atom stereocenters. The van der Waals surface area contributed by atoms with E-state index in [4.69, 9.17) is 9.73 Å². The average Bonchev–Trinajstić information content (AvgIpc) is 3.58. The van der Waals surface area contributed by atoms with E-state index in [1.165, 1.54) is 28.0 Å². The molecule has 4 aromatic carbocycles. The molecule has 44 heavy (non-hydrogen) atoms. The van der Waals surface area contributed by atoms with Crippen molar-refractivity contribution in [2.45, 2.75) is 13.0 Å². The minimum atomic E-state index is -0.875. The molecule has 0 spiro atoms. The van der Waals surface area contributed by atoms with Gasteiger partial charge >= 0.3 is 5.97 Å². The first-order chi connectivity index (χ1) is 21.5. The fraction of sp³-hybridized carbons (Fsp3) is 0.0833. The number of thiazole rings is 1. The molecule has 1 aliphatic rings. The number of rotatable bonds is 6. The van der Waals surface area contributed by atoms with Gasteiger partial charge in [0.05, 0.1) is 34.1 Å². The van der Waals surface area contributed by atoms with Crippen molar-refractivity contribution in [3.63, 3.8) is 0 Å². The molecule has 7 rings (SSSR count). The van der Waals surface area contributed by atoms with Gasteiger partial charge in [-0.15, -0.1) is 0 Å². The number of hydrogen-bond acceptors (Lipinski definition) is 5. The predicted octanol–water partition coefficient (Wildman–Crippen LogP) is 6.22. The summed E-state index contributed by atoms with van der Waals surface area (Å²) in [5.41, 5.74) is 5.33. The summed E-state index contributed by atoms with van der Waals surface area (Å²) >= 11 is 1.25. The first-order valence-electron chi connectivity index (χ1n) is 14.2. The zero-order valence-corrected chi connectivity index (χ0v) is 24.5. The van der Waals surface area contributed by atoms with Crippen molar-refractivity contribution >= 4 is 40.0 Å². The SMILES string of the molecule is CCOC(=O)C1=C(c2ccccc2)N=c2s/c(=C\c3c(-c4ccccc4)[nH]c4ccccc34)c(=O)n2[C@H]1c1ccc(F)cc1. The zero-order chi connectivity index (χ0) is 30.2. The third-order valence-electron chi connectivity index (χ3n) is 7.64. The molecule has 0 bridgehead atoms. The fourth-order valence-corrected chi connectivity index (χ4v) is 6.66. The second-order valence-electron chi connectivity index (χ2n) is 10.3. The van der Waals surface area contributed by atoms with E-state index in [1.54, 1.807) is 19.1 Å². The number of esters is 1. The molecule has 6 aromatic rings. The van der Waals surface area contributed by atoms with Crippen LogP contribution in [0, 0.1) is 5.82 Å². The van der Waals surface area contributed by atoms with E-state index in [9.17, 15) is 14.0 Å². The molecule has 1 N–H and O–H groups in total. The summed E-state index contributed by atoms with van der Waals surface area (Å²) in [5.74, 6) is -0.999. The molecule has 6 nitrogen and oxygen atoms in total. The number of benzene rings is 4. The van der Waals surface area contributed by atoms with Crippen molar-refractivity contribution in [1.29, 1.82) is 0 Å². The summed E-state index contributed by atoms with van der Waals surface area (Å²) in [5, 5.41) is 0.976. The summed E-state index contributed by atoms with van der Waals surface area (Å²) in [4.78, 5) is 36.9. The monoisotopic (exact) mass is 599 g/mol. The van der Waals surface area contributed by atoms with Gasteiger partial charge in [-0.3, -0.25) is 9.36 Å². The van der Waals surface area contributed by atoms with Gasteiger partial charge in [-0.05, 0) is 42.3 Å². The van der Waals surface area contributed by atoms with Crippen LogP contribution in [0.4, 0.5) is 4.39 Å². The summed E-state index contributed by atoms with van der Waals surface area (Å²) < 4.78 is 21.6. The second-order valence-corrected chi connectivity index (χ2v) is 11.3. The molecular formula is C36H26FN3O3S. The lowest BCUT2D eigenvalue weighted by Gasteiger charge is -2.25. The quantitative estimate of drug-likeness (QED) is 0.231. The first-order valence-corrected chi connectivity index (χ1v) is 15.0. The molecule has 0 saturated heterocycles. The number of aromatic nitrogens is 2. The minimum absolute atomic E-state index is 0.147. The Labute approximate surface area is 255 Å². The van der Waals surface area contributed by atoms with Gasteiger partial charge in [-0.2, -0.15) is 0 Å². The molecule has 0 fully saturated rings. The van der Waals surface area contributed by atoms with Gasteiger partial charge in [0, 0.05) is 22.0 Å². The van der Waals surface area contributed by atoms with Gasteiger partial charge in [0.15, 0.2) is 4.80 Å². The van der Waals surface area contributed by atoms with Crippen molar-refractivity contribution in [2.75, 3.05) is 6.61 Å². The van der Waals surface area contributed by atoms with Gasteiger partial charge < -0.3 is 9.72 Å². The normalized spacial score (nSPS) is 14.9. The van der Waals surface area contributed by atoms with Crippen LogP contribution in [0.25, 0.3) is 33.9 Å². The third-order valence-corrected chi connectivity index (χ3v) is 8.63. The largest absolute Gasteiger partial charge is 0.463 e. The van der Waals surface area contributed by atoms with Crippen LogP contribution in [0.15, 0.2) is 125 Å². The maximum Gasteiger partial charge on any atom is 0.338 e. The first kappa shape index (κ1) is 27.5. The molecular weight excluding hydrogens is 573 g/mol. The highest BCUT2D eigenvalue weighted by Crippen LogP contribution is 2.35. The topological polar surface area (TPSA) is 76.4 Å². The van der Waals surface area contributed by atoms with E-state index in [-0.39, 0.29) is 17.7 Å². The highest BCUT2D eigenvalue weighted by Gasteiger charge is 2.35. The molecule has 0 unspecified atom stereocenters. The number of nitrogens with zero attached hydrogens (tertiary/aromatic N) is 2. The molecule has 2 aromatic heterocycles. The summed E-state index contributed by atoms with van der Waals surface area (Å²) in [7, 11) is 0. The second kappa shape index (κ2) is 11.4. The Balaban J connectivity index is 1.53. The van der Waals surface area contributed by atoms with Gasteiger partial charge in [0.25, 0.3) is 5.56 Å². The minimum Gasteiger partial charge on any atom is -0.463 e. The number of hydrogen-bond donors (Lipinski definition) is 1. The Morgan fingerprint density at radius 3 is 2.30 bits per heavy atom. The molecule has 3 heterocycles. The highest BCUT2D eigenvalue weighted by atomic mass is 32.1. The van der Waals surface area contributed by atoms with Gasteiger partial charge in [-0.25, -0.2) is 14.2 Å². The number of carbonyl (C=O) groups is 1. The summed E-state index contributed by atoms with van der Waals surface area (Å²) in [6.45, 7) is 1.88. The van der Waals surface area contributed by atoms with Crippen LogP contribution in [0.5, 0.6) is 0 Å². The Bertz CT molecular complexity index is 2230. The molecule has 0 amide bonds. The third kappa shape index (κ3) is 4.79. The van der Waals surface area contributed by atoms with Crippen LogP contribution in [0.3, 0.4) is 0 Å². The van der Waals surface area contributed by atoms with Crippen molar-refractivity contribution in [1.82, 2.24) is 9.55 Å². The number of para-hydroxylation sites is 1. The number of aromatic amines is 1. The lowest BCUT2D eigenvalue weighted by molar-refractivity contribution is -0.138. The van der Waals surface area contributed by atoms with E-state index in [0.717, 1.165) is 27.7 Å². The van der Waals surface area contributed by atoms with E-state index >= 15 is 0 Å². The number of fused-ring (bicyclic) bond motifs is 2. The Morgan fingerprint density at radius 1 is 0.932 bits per heavy atom. The van der Waals surface area contributed by atoms with Crippen LogP contribution in [0.1, 0.15) is 29.7 Å². The van der Waals surface area contributed by atoms with E-state index in [2.05, 4.69) is 4.98 Å². The molecule has 216 valence electrons.